The van der Waals surface area contributed by atoms with Crippen LogP contribution in [0.15, 0.2) is 28.1 Å². The quantitative estimate of drug-likeness (QED) is 0.813. The molecule has 13 heavy (non-hydrogen) atoms. The zero-order valence-corrected chi connectivity index (χ0v) is 10.3. The van der Waals surface area contributed by atoms with Gasteiger partial charge in [0.2, 0.25) is 0 Å². The van der Waals surface area contributed by atoms with Crippen molar-refractivity contribution in [2.75, 3.05) is 7.05 Å². The molecule has 0 saturated heterocycles. The molecule has 1 aromatic heterocycles. The molecule has 1 atom stereocenters. The Morgan fingerprint density at radius 1 is 1.77 bits per heavy atom. The Bertz CT molecular complexity index is 293. The Balaban J connectivity index is 2.72. The van der Waals surface area contributed by atoms with Crippen molar-refractivity contribution in [3.05, 3.63) is 32.9 Å². The van der Waals surface area contributed by atoms with Crippen LogP contribution >= 0.6 is 27.3 Å². The molecule has 3 heteroatoms. The van der Waals surface area contributed by atoms with E-state index >= 15 is 0 Å². The maximum atomic E-state index is 3.93. The van der Waals surface area contributed by atoms with Crippen molar-refractivity contribution in [1.29, 1.82) is 0 Å². The van der Waals surface area contributed by atoms with Crippen LogP contribution in [0.1, 0.15) is 24.3 Å². The normalized spacial score (nSPS) is 12.8. The van der Waals surface area contributed by atoms with Crippen LogP contribution in [0.25, 0.3) is 0 Å². The van der Waals surface area contributed by atoms with Gasteiger partial charge in [-0.3, -0.25) is 0 Å². The van der Waals surface area contributed by atoms with Gasteiger partial charge in [0.05, 0.1) is 0 Å². The van der Waals surface area contributed by atoms with E-state index in [4.69, 9.17) is 0 Å². The Kier molecular flexibility index (Phi) is 4.16. The lowest BCUT2D eigenvalue weighted by Gasteiger charge is -2.13. The standard InChI is InChI=1S/C10H14BrNS/c1-7(2)4-9(12-3)10-5-8(11)6-13-10/h5-6,9,12H,1,4H2,2-3H3. The second-order valence-electron chi connectivity index (χ2n) is 3.17. The molecule has 0 aliphatic rings. The van der Waals surface area contributed by atoms with Gasteiger partial charge in [0.15, 0.2) is 0 Å². The zero-order chi connectivity index (χ0) is 9.84. The van der Waals surface area contributed by atoms with Crippen molar-refractivity contribution >= 4 is 27.3 Å². The number of halogens is 1. The van der Waals surface area contributed by atoms with Gasteiger partial charge in [-0.25, -0.2) is 0 Å². The van der Waals surface area contributed by atoms with Crippen LogP contribution in [0.5, 0.6) is 0 Å². The highest BCUT2D eigenvalue weighted by Gasteiger charge is 2.10. The maximum absolute atomic E-state index is 3.93. The Hall–Kier alpha value is -0.120. The van der Waals surface area contributed by atoms with Crippen LogP contribution in [0, 0.1) is 0 Å². The van der Waals surface area contributed by atoms with Crippen LogP contribution in [0.2, 0.25) is 0 Å². The van der Waals surface area contributed by atoms with Gasteiger partial charge in [-0.2, -0.15) is 0 Å². The summed E-state index contributed by atoms with van der Waals surface area (Å²) in [6.45, 7) is 5.99. The molecule has 0 aliphatic heterocycles. The molecule has 1 rings (SSSR count). The lowest BCUT2D eigenvalue weighted by atomic mass is 10.1. The van der Waals surface area contributed by atoms with Crippen LogP contribution in [0.4, 0.5) is 0 Å². The van der Waals surface area contributed by atoms with Crippen molar-refractivity contribution in [2.45, 2.75) is 19.4 Å². The van der Waals surface area contributed by atoms with Crippen LogP contribution in [-0.4, -0.2) is 7.05 Å². The number of rotatable bonds is 4. The average Bonchev–Trinajstić information content (AvgIpc) is 2.47. The SMILES string of the molecule is C=C(C)CC(NC)c1cc(Br)cs1. The van der Waals surface area contributed by atoms with Gasteiger partial charge in [0, 0.05) is 20.8 Å². The molecule has 0 saturated carbocycles. The predicted molar refractivity (Wildman–Crippen MR) is 63.3 cm³/mol. The van der Waals surface area contributed by atoms with Gasteiger partial charge in [-0.1, -0.05) is 5.57 Å². The predicted octanol–water partition coefficient (Wildman–Crippen LogP) is 3.74. The number of hydrogen-bond donors (Lipinski definition) is 1. The second-order valence-corrected chi connectivity index (χ2v) is 5.03. The highest BCUT2D eigenvalue weighted by atomic mass is 79.9. The van der Waals surface area contributed by atoms with Gasteiger partial charge >= 0.3 is 0 Å². The molecule has 72 valence electrons. The smallest absolute Gasteiger partial charge is 0.0450 e. The summed E-state index contributed by atoms with van der Waals surface area (Å²) in [7, 11) is 1.99. The Morgan fingerprint density at radius 3 is 2.85 bits per heavy atom. The van der Waals surface area contributed by atoms with E-state index in [1.165, 1.54) is 10.5 Å². The fourth-order valence-corrected chi connectivity index (χ4v) is 2.76. The molecule has 0 amide bonds. The first-order valence-corrected chi connectivity index (χ1v) is 5.86. The van der Waals surface area contributed by atoms with Gasteiger partial charge < -0.3 is 5.32 Å². The summed E-state index contributed by atoms with van der Waals surface area (Å²) in [5, 5.41) is 5.40. The van der Waals surface area contributed by atoms with Crippen molar-refractivity contribution < 1.29 is 0 Å². The molecule has 0 fully saturated rings. The fourth-order valence-electron chi connectivity index (χ4n) is 1.20. The van der Waals surface area contributed by atoms with Crippen molar-refractivity contribution in [3.63, 3.8) is 0 Å². The van der Waals surface area contributed by atoms with E-state index in [2.05, 4.69) is 46.2 Å². The first kappa shape index (κ1) is 11.0. The molecule has 0 aromatic carbocycles. The lowest BCUT2D eigenvalue weighted by molar-refractivity contribution is 0.600. The maximum Gasteiger partial charge on any atom is 0.0450 e. The highest BCUT2D eigenvalue weighted by Crippen LogP contribution is 2.28. The molecule has 0 spiro atoms. The third-order valence-corrected chi connectivity index (χ3v) is 3.64. The summed E-state index contributed by atoms with van der Waals surface area (Å²) < 4.78 is 1.16. The van der Waals surface area contributed by atoms with E-state index in [0.717, 1.165) is 10.9 Å². The third-order valence-electron chi connectivity index (χ3n) is 1.83. The van der Waals surface area contributed by atoms with Crippen molar-refractivity contribution in [1.82, 2.24) is 5.32 Å². The minimum Gasteiger partial charge on any atom is -0.312 e. The van der Waals surface area contributed by atoms with Gasteiger partial charge in [0.25, 0.3) is 0 Å². The molecule has 1 aromatic rings. The summed E-state index contributed by atoms with van der Waals surface area (Å²) in [4.78, 5) is 1.36. The summed E-state index contributed by atoms with van der Waals surface area (Å²) >= 11 is 5.23. The zero-order valence-electron chi connectivity index (χ0n) is 7.93. The number of nitrogens with one attached hydrogen (secondary N) is 1. The molecular formula is C10H14BrNS. The van der Waals surface area contributed by atoms with Crippen LogP contribution in [-0.2, 0) is 0 Å². The molecule has 0 bridgehead atoms. The second kappa shape index (κ2) is 4.94. The summed E-state index contributed by atoms with van der Waals surface area (Å²) in [6.07, 6.45) is 1.00. The van der Waals surface area contributed by atoms with Crippen molar-refractivity contribution in [2.24, 2.45) is 0 Å². The summed E-state index contributed by atoms with van der Waals surface area (Å²) in [6, 6.07) is 2.57. The van der Waals surface area contributed by atoms with Crippen LogP contribution in [0.3, 0.4) is 0 Å². The topological polar surface area (TPSA) is 12.0 Å². The van der Waals surface area contributed by atoms with Gasteiger partial charge in [-0.15, -0.1) is 17.9 Å². The minimum absolute atomic E-state index is 0.411. The molecule has 0 radical (unpaired) electrons. The largest absolute Gasteiger partial charge is 0.312 e. The highest BCUT2D eigenvalue weighted by molar-refractivity contribution is 9.10. The molecule has 1 nitrogen and oxygen atoms in total. The molecule has 0 aliphatic carbocycles. The first-order chi connectivity index (χ1) is 6.13. The Morgan fingerprint density at radius 2 is 2.46 bits per heavy atom. The monoisotopic (exact) mass is 259 g/mol. The third kappa shape index (κ3) is 3.25. The Labute approximate surface area is 92.0 Å². The lowest BCUT2D eigenvalue weighted by Crippen LogP contribution is -2.15. The van der Waals surface area contributed by atoms with E-state index in [-0.39, 0.29) is 0 Å². The fraction of sp³-hybridized carbons (Fsp3) is 0.400. The number of hydrogen-bond acceptors (Lipinski definition) is 2. The van der Waals surface area contributed by atoms with E-state index in [0.29, 0.717) is 6.04 Å². The van der Waals surface area contributed by atoms with Gasteiger partial charge in [-0.05, 0) is 42.4 Å². The van der Waals surface area contributed by atoms with Crippen LogP contribution < -0.4 is 5.32 Å². The van der Waals surface area contributed by atoms with E-state index in [1.54, 1.807) is 11.3 Å². The van der Waals surface area contributed by atoms with Crippen molar-refractivity contribution in [3.8, 4) is 0 Å². The number of thiophene rings is 1. The minimum atomic E-state index is 0.411. The molecule has 1 heterocycles. The summed E-state index contributed by atoms with van der Waals surface area (Å²) in [5.41, 5.74) is 1.21. The van der Waals surface area contributed by atoms with Gasteiger partial charge in [0.1, 0.15) is 0 Å². The van der Waals surface area contributed by atoms with E-state index in [9.17, 15) is 0 Å². The van der Waals surface area contributed by atoms with E-state index in [1.807, 2.05) is 7.05 Å². The molecule has 1 unspecified atom stereocenters. The molecular weight excluding hydrogens is 246 g/mol. The molecule has 1 N–H and O–H groups in total. The summed E-state index contributed by atoms with van der Waals surface area (Å²) in [5.74, 6) is 0. The average molecular weight is 260 g/mol. The van der Waals surface area contributed by atoms with E-state index < -0.39 is 0 Å². The first-order valence-electron chi connectivity index (χ1n) is 4.19.